The summed E-state index contributed by atoms with van der Waals surface area (Å²) in [5, 5.41) is 10.9. The summed E-state index contributed by atoms with van der Waals surface area (Å²) < 4.78 is 1.93. The summed E-state index contributed by atoms with van der Waals surface area (Å²) in [5.41, 5.74) is 3.32. The Balaban J connectivity index is 1.51. The molecule has 0 spiro atoms. The zero-order chi connectivity index (χ0) is 17.2. The van der Waals surface area contributed by atoms with Gasteiger partial charge >= 0.3 is 0 Å². The first-order valence-corrected chi connectivity index (χ1v) is 8.04. The number of aromatic nitrogens is 4. The summed E-state index contributed by atoms with van der Waals surface area (Å²) in [5.74, 6) is -0.191. The molecule has 4 rings (SSSR count). The molecular weight excluding hydrogens is 314 g/mol. The number of nitrogens with zero attached hydrogens (tertiary/aromatic N) is 3. The van der Waals surface area contributed by atoms with Crippen LogP contribution in [0.25, 0.3) is 16.6 Å². The van der Waals surface area contributed by atoms with E-state index in [0.29, 0.717) is 5.69 Å². The van der Waals surface area contributed by atoms with Crippen molar-refractivity contribution >= 4 is 16.8 Å². The van der Waals surface area contributed by atoms with Crippen molar-refractivity contribution in [3.8, 4) is 5.69 Å². The molecule has 0 aliphatic heterocycles. The molecule has 1 amide bonds. The van der Waals surface area contributed by atoms with E-state index in [0.717, 1.165) is 22.2 Å². The number of carbonyl (C=O) groups is 1. The highest BCUT2D eigenvalue weighted by Crippen LogP contribution is 2.18. The molecule has 6 heteroatoms. The van der Waals surface area contributed by atoms with Gasteiger partial charge in [-0.2, -0.15) is 5.10 Å². The van der Waals surface area contributed by atoms with Crippen molar-refractivity contribution < 1.29 is 4.79 Å². The number of fused-ring (bicyclic) bond motifs is 1. The van der Waals surface area contributed by atoms with E-state index in [1.807, 2.05) is 66.2 Å². The van der Waals surface area contributed by atoms with Gasteiger partial charge in [-0.25, -0.2) is 4.98 Å². The van der Waals surface area contributed by atoms with E-state index >= 15 is 0 Å². The third-order valence-electron chi connectivity index (χ3n) is 4.23. The van der Waals surface area contributed by atoms with Crippen LogP contribution in [0.4, 0.5) is 0 Å². The average molecular weight is 331 g/mol. The molecule has 2 N–H and O–H groups in total. The Kier molecular flexibility index (Phi) is 3.78. The van der Waals surface area contributed by atoms with Gasteiger partial charge in [0.1, 0.15) is 0 Å². The van der Waals surface area contributed by atoms with E-state index in [4.69, 9.17) is 0 Å². The fourth-order valence-corrected chi connectivity index (χ4v) is 2.83. The van der Waals surface area contributed by atoms with E-state index in [1.54, 1.807) is 12.5 Å². The molecular formula is C19H17N5O. The third kappa shape index (κ3) is 2.89. The number of hydrogen-bond acceptors (Lipinski definition) is 3. The van der Waals surface area contributed by atoms with Gasteiger partial charge in [0, 0.05) is 23.5 Å². The van der Waals surface area contributed by atoms with E-state index in [1.165, 1.54) is 0 Å². The Morgan fingerprint density at radius 2 is 1.96 bits per heavy atom. The van der Waals surface area contributed by atoms with Gasteiger partial charge in [-0.05, 0) is 30.7 Å². The van der Waals surface area contributed by atoms with Crippen molar-refractivity contribution in [3.05, 3.63) is 78.5 Å². The standard InChI is InChI=1S/C19H17N5O/c1-13(14-6-8-15(9-7-14)24-11-10-20-12-24)21-19(25)18-16-4-2-3-5-17(16)22-23-18/h2-13H,1H3,(H,21,25)(H,22,23)/t13-/m0/s1. The molecule has 2 aromatic heterocycles. The third-order valence-corrected chi connectivity index (χ3v) is 4.23. The van der Waals surface area contributed by atoms with Crippen LogP contribution in [0.2, 0.25) is 0 Å². The number of aromatic amines is 1. The molecule has 0 fully saturated rings. The highest BCUT2D eigenvalue weighted by Gasteiger charge is 2.16. The van der Waals surface area contributed by atoms with E-state index in [2.05, 4.69) is 20.5 Å². The number of nitrogens with one attached hydrogen (secondary N) is 2. The van der Waals surface area contributed by atoms with Crippen LogP contribution in [0, 0.1) is 0 Å². The van der Waals surface area contributed by atoms with Gasteiger partial charge in [0.25, 0.3) is 5.91 Å². The molecule has 0 aliphatic carbocycles. The largest absolute Gasteiger partial charge is 0.344 e. The van der Waals surface area contributed by atoms with Crippen molar-refractivity contribution in [1.82, 2.24) is 25.1 Å². The number of rotatable bonds is 4. The molecule has 0 saturated heterocycles. The molecule has 0 unspecified atom stereocenters. The summed E-state index contributed by atoms with van der Waals surface area (Å²) in [6.07, 6.45) is 5.39. The molecule has 0 aliphatic rings. The monoisotopic (exact) mass is 331 g/mol. The summed E-state index contributed by atoms with van der Waals surface area (Å²) >= 11 is 0. The first-order chi connectivity index (χ1) is 12.2. The summed E-state index contributed by atoms with van der Waals surface area (Å²) in [6, 6.07) is 15.5. The predicted octanol–water partition coefficient (Wildman–Crippen LogP) is 3.24. The number of benzene rings is 2. The quantitative estimate of drug-likeness (QED) is 0.603. The molecule has 2 heterocycles. The maximum atomic E-state index is 12.6. The van der Waals surface area contributed by atoms with Gasteiger partial charge < -0.3 is 9.88 Å². The Bertz CT molecular complexity index is 1000. The molecule has 6 nitrogen and oxygen atoms in total. The Labute approximate surface area is 144 Å². The summed E-state index contributed by atoms with van der Waals surface area (Å²) in [4.78, 5) is 16.6. The zero-order valence-corrected chi connectivity index (χ0v) is 13.7. The highest BCUT2D eigenvalue weighted by atomic mass is 16.2. The summed E-state index contributed by atoms with van der Waals surface area (Å²) in [7, 11) is 0. The van der Waals surface area contributed by atoms with Gasteiger partial charge in [0.2, 0.25) is 0 Å². The topological polar surface area (TPSA) is 75.6 Å². The van der Waals surface area contributed by atoms with Crippen molar-refractivity contribution in [1.29, 1.82) is 0 Å². The zero-order valence-electron chi connectivity index (χ0n) is 13.7. The smallest absolute Gasteiger partial charge is 0.272 e. The van der Waals surface area contributed by atoms with Crippen LogP contribution in [-0.4, -0.2) is 25.7 Å². The fraction of sp³-hybridized carbons (Fsp3) is 0.105. The lowest BCUT2D eigenvalue weighted by molar-refractivity contribution is 0.0936. The maximum Gasteiger partial charge on any atom is 0.272 e. The predicted molar refractivity (Wildman–Crippen MR) is 95.5 cm³/mol. The van der Waals surface area contributed by atoms with E-state index in [9.17, 15) is 4.79 Å². The molecule has 0 saturated carbocycles. The number of amides is 1. The number of hydrogen-bond donors (Lipinski definition) is 2. The Morgan fingerprint density at radius 1 is 1.16 bits per heavy atom. The van der Waals surface area contributed by atoms with Crippen LogP contribution < -0.4 is 5.32 Å². The average Bonchev–Trinajstić information content (AvgIpc) is 3.31. The second kappa shape index (κ2) is 6.24. The molecule has 25 heavy (non-hydrogen) atoms. The molecule has 0 bridgehead atoms. The lowest BCUT2D eigenvalue weighted by atomic mass is 10.1. The lowest BCUT2D eigenvalue weighted by Gasteiger charge is -2.14. The molecule has 1 atom stereocenters. The minimum absolute atomic E-state index is 0.125. The van der Waals surface area contributed by atoms with Crippen LogP contribution in [-0.2, 0) is 0 Å². The van der Waals surface area contributed by atoms with Crippen molar-refractivity contribution in [3.63, 3.8) is 0 Å². The van der Waals surface area contributed by atoms with Crippen LogP contribution >= 0.6 is 0 Å². The number of imidazole rings is 1. The van der Waals surface area contributed by atoms with Gasteiger partial charge in [-0.15, -0.1) is 0 Å². The minimum atomic E-state index is -0.191. The van der Waals surface area contributed by atoms with Gasteiger partial charge in [0.15, 0.2) is 5.69 Å². The second-order valence-corrected chi connectivity index (χ2v) is 5.87. The normalized spacial score (nSPS) is 12.2. The minimum Gasteiger partial charge on any atom is -0.344 e. The number of H-pyrrole nitrogens is 1. The molecule has 124 valence electrons. The fourth-order valence-electron chi connectivity index (χ4n) is 2.83. The number of carbonyl (C=O) groups excluding carboxylic acids is 1. The molecule has 4 aromatic rings. The highest BCUT2D eigenvalue weighted by molar-refractivity contribution is 6.04. The second-order valence-electron chi connectivity index (χ2n) is 5.87. The molecule has 2 aromatic carbocycles. The first kappa shape index (κ1) is 15.1. The van der Waals surface area contributed by atoms with Gasteiger partial charge in [-0.1, -0.05) is 30.3 Å². The SMILES string of the molecule is C[C@H](NC(=O)c1n[nH]c2ccccc12)c1ccc(-n2ccnc2)cc1. The maximum absolute atomic E-state index is 12.6. The summed E-state index contributed by atoms with van der Waals surface area (Å²) in [6.45, 7) is 1.96. The van der Waals surface area contributed by atoms with Crippen LogP contribution in [0.3, 0.4) is 0 Å². The van der Waals surface area contributed by atoms with Crippen LogP contribution in [0.1, 0.15) is 29.0 Å². The van der Waals surface area contributed by atoms with E-state index < -0.39 is 0 Å². The van der Waals surface area contributed by atoms with Crippen LogP contribution in [0.15, 0.2) is 67.3 Å². The number of para-hydroxylation sites is 1. The van der Waals surface area contributed by atoms with Crippen molar-refractivity contribution in [2.24, 2.45) is 0 Å². The van der Waals surface area contributed by atoms with E-state index in [-0.39, 0.29) is 11.9 Å². The first-order valence-electron chi connectivity index (χ1n) is 8.04. The van der Waals surface area contributed by atoms with Crippen molar-refractivity contribution in [2.45, 2.75) is 13.0 Å². The van der Waals surface area contributed by atoms with Gasteiger partial charge in [0.05, 0.1) is 17.9 Å². The molecule has 0 radical (unpaired) electrons. The Hall–Kier alpha value is -3.41. The lowest BCUT2D eigenvalue weighted by Crippen LogP contribution is -2.27. The van der Waals surface area contributed by atoms with Crippen molar-refractivity contribution in [2.75, 3.05) is 0 Å². The van der Waals surface area contributed by atoms with Gasteiger partial charge in [-0.3, -0.25) is 9.89 Å². The van der Waals surface area contributed by atoms with Crippen LogP contribution in [0.5, 0.6) is 0 Å². The Morgan fingerprint density at radius 3 is 2.72 bits per heavy atom.